The molecule has 5 nitrogen and oxygen atoms in total. The van der Waals surface area contributed by atoms with E-state index in [1.807, 2.05) is 58.0 Å². The number of benzene rings is 2. The molecule has 0 aliphatic rings. The van der Waals surface area contributed by atoms with Crippen LogP contribution in [-0.4, -0.2) is 26.4 Å². The molecule has 2 rings (SSSR count). The van der Waals surface area contributed by atoms with E-state index in [2.05, 4.69) is 0 Å². The molecule has 0 aliphatic carbocycles. The van der Waals surface area contributed by atoms with Crippen LogP contribution in [0.1, 0.15) is 27.7 Å². The maximum atomic E-state index is 6.08. The predicted octanol–water partition coefficient (Wildman–Crippen LogP) is 4.53. The zero-order chi connectivity index (χ0) is 18.2. The van der Waals surface area contributed by atoms with Crippen molar-refractivity contribution < 1.29 is 18.9 Å². The minimum atomic E-state index is 0.515. The lowest BCUT2D eigenvalue weighted by Crippen LogP contribution is -2.03. The van der Waals surface area contributed by atoms with Gasteiger partial charge in [-0.25, -0.2) is 0 Å². The van der Waals surface area contributed by atoms with Crippen LogP contribution in [0.5, 0.6) is 23.0 Å². The minimum absolute atomic E-state index is 0.515. The molecule has 136 valence electrons. The first-order valence-electron chi connectivity index (χ1n) is 8.74. The molecule has 0 heterocycles. The van der Waals surface area contributed by atoms with Gasteiger partial charge in [-0.05, 0) is 57.5 Å². The van der Waals surface area contributed by atoms with Gasteiger partial charge in [0, 0.05) is 5.56 Å². The van der Waals surface area contributed by atoms with Crippen molar-refractivity contribution in [1.29, 1.82) is 0 Å². The molecule has 0 atom stereocenters. The largest absolute Gasteiger partial charge is 0.490 e. The molecule has 0 saturated carbocycles. The standard InChI is InChI=1S/C20H27NO4/c1-5-22-17-12-9-14(13-18(17)23-6-2)15-10-11-16(21)20(25-8-4)19(15)24-7-3/h9-13H,5-8,21H2,1-4H3. The second kappa shape index (κ2) is 9.06. The number of ether oxygens (including phenoxy) is 4. The van der Waals surface area contributed by atoms with Gasteiger partial charge in [-0.15, -0.1) is 0 Å². The van der Waals surface area contributed by atoms with Crippen LogP contribution >= 0.6 is 0 Å². The fourth-order valence-corrected chi connectivity index (χ4v) is 2.60. The van der Waals surface area contributed by atoms with Gasteiger partial charge in [0.05, 0.1) is 32.1 Å². The summed E-state index contributed by atoms with van der Waals surface area (Å²) in [5.74, 6) is 2.66. The molecule has 0 aromatic heterocycles. The summed E-state index contributed by atoms with van der Waals surface area (Å²) < 4.78 is 22.9. The molecule has 2 aromatic carbocycles. The first-order valence-corrected chi connectivity index (χ1v) is 8.74. The molecule has 25 heavy (non-hydrogen) atoms. The van der Waals surface area contributed by atoms with Crippen molar-refractivity contribution in [2.24, 2.45) is 0 Å². The van der Waals surface area contributed by atoms with Gasteiger partial charge < -0.3 is 24.7 Å². The van der Waals surface area contributed by atoms with Gasteiger partial charge in [0.2, 0.25) is 0 Å². The highest BCUT2D eigenvalue weighted by Gasteiger charge is 2.17. The van der Waals surface area contributed by atoms with Crippen LogP contribution in [-0.2, 0) is 0 Å². The fourth-order valence-electron chi connectivity index (χ4n) is 2.60. The van der Waals surface area contributed by atoms with Crippen molar-refractivity contribution in [1.82, 2.24) is 0 Å². The molecule has 2 aromatic rings. The number of hydrogen-bond acceptors (Lipinski definition) is 5. The van der Waals surface area contributed by atoms with E-state index < -0.39 is 0 Å². The maximum absolute atomic E-state index is 6.08. The third-order valence-electron chi connectivity index (χ3n) is 3.57. The minimum Gasteiger partial charge on any atom is -0.490 e. The van der Waals surface area contributed by atoms with Crippen LogP contribution in [0.15, 0.2) is 30.3 Å². The number of nitrogens with two attached hydrogens (primary N) is 1. The van der Waals surface area contributed by atoms with Crippen LogP contribution in [0.3, 0.4) is 0 Å². The topological polar surface area (TPSA) is 62.9 Å². The van der Waals surface area contributed by atoms with E-state index in [0.29, 0.717) is 49.4 Å². The molecule has 0 saturated heterocycles. The Labute approximate surface area is 149 Å². The van der Waals surface area contributed by atoms with E-state index in [0.717, 1.165) is 16.9 Å². The summed E-state index contributed by atoms with van der Waals surface area (Å²) >= 11 is 0. The van der Waals surface area contributed by atoms with E-state index in [9.17, 15) is 0 Å². The Bertz CT molecular complexity index is 700. The highest BCUT2D eigenvalue weighted by atomic mass is 16.5. The van der Waals surface area contributed by atoms with Crippen molar-refractivity contribution in [3.8, 4) is 34.1 Å². The van der Waals surface area contributed by atoms with E-state index >= 15 is 0 Å². The Morgan fingerprint density at radius 2 is 1.28 bits per heavy atom. The second-order valence-electron chi connectivity index (χ2n) is 5.25. The lowest BCUT2D eigenvalue weighted by atomic mass is 10.0. The smallest absolute Gasteiger partial charge is 0.184 e. The Morgan fingerprint density at radius 1 is 0.680 bits per heavy atom. The molecule has 0 fully saturated rings. The highest BCUT2D eigenvalue weighted by molar-refractivity contribution is 5.80. The maximum Gasteiger partial charge on any atom is 0.184 e. The van der Waals surface area contributed by atoms with Crippen LogP contribution in [0.25, 0.3) is 11.1 Å². The predicted molar refractivity (Wildman–Crippen MR) is 101 cm³/mol. The number of nitrogen functional groups attached to an aromatic ring is 1. The molecule has 0 unspecified atom stereocenters. The Balaban J connectivity index is 2.56. The fraction of sp³-hybridized carbons (Fsp3) is 0.400. The number of rotatable bonds is 9. The summed E-state index contributed by atoms with van der Waals surface area (Å²) in [6, 6.07) is 9.62. The van der Waals surface area contributed by atoms with Crippen LogP contribution in [0, 0.1) is 0 Å². The Hall–Kier alpha value is -2.56. The first-order chi connectivity index (χ1) is 12.2. The van der Waals surface area contributed by atoms with Crippen molar-refractivity contribution in [2.45, 2.75) is 27.7 Å². The van der Waals surface area contributed by atoms with Gasteiger partial charge in [-0.3, -0.25) is 0 Å². The SMILES string of the molecule is CCOc1ccc(-c2ccc(N)c(OCC)c2OCC)cc1OCC. The monoisotopic (exact) mass is 345 g/mol. The zero-order valence-electron chi connectivity index (χ0n) is 15.4. The van der Waals surface area contributed by atoms with Gasteiger partial charge in [0.1, 0.15) is 0 Å². The van der Waals surface area contributed by atoms with Gasteiger partial charge in [-0.2, -0.15) is 0 Å². The van der Waals surface area contributed by atoms with Gasteiger partial charge >= 0.3 is 0 Å². The molecule has 2 N–H and O–H groups in total. The first kappa shape index (κ1) is 18.8. The van der Waals surface area contributed by atoms with Crippen molar-refractivity contribution in [3.05, 3.63) is 30.3 Å². The van der Waals surface area contributed by atoms with E-state index in [1.165, 1.54) is 0 Å². The zero-order valence-corrected chi connectivity index (χ0v) is 15.4. The van der Waals surface area contributed by atoms with E-state index in [1.54, 1.807) is 0 Å². The summed E-state index contributed by atoms with van der Waals surface area (Å²) in [5.41, 5.74) is 8.50. The summed E-state index contributed by atoms with van der Waals surface area (Å²) in [4.78, 5) is 0. The average Bonchev–Trinajstić information content (AvgIpc) is 2.60. The van der Waals surface area contributed by atoms with Crippen LogP contribution in [0.2, 0.25) is 0 Å². The molecule has 0 radical (unpaired) electrons. The molecule has 0 spiro atoms. The lowest BCUT2D eigenvalue weighted by molar-refractivity contribution is 0.287. The second-order valence-corrected chi connectivity index (χ2v) is 5.25. The summed E-state index contributed by atoms with van der Waals surface area (Å²) in [7, 11) is 0. The highest BCUT2D eigenvalue weighted by Crippen LogP contribution is 2.44. The molecule has 0 bridgehead atoms. The summed E-state index contributed by atoms with van der Waals surface area (Å²) in [6.07, 6.45) is 0. The average molecular weight is 345 g/mol. The normalized spacial score (nSPS) is 10.4. The molecule has 0 amide bonds. The number of anilines is 1. The Morgan fingerprint density at radius 3 is 1.92 bits per heavy atom. The van der Waals surface area contributed by atoms with E-state index in [4.69, 9.17) is 24.7 Å². The number of hydrogen-bond donors (Lipinski definition) is 1. The third kappa shape index (κ3) is 4.29. The van der Waals surface area contributed by atoms with Crippen LogP contribution < -0.4 is 24.7 Å². The van der Waals surface area contributed by atoms with Gasteiger partial charge in [0.15, 0.2) is 23.0 Å². The molecule has 0 aliphatic heterocycles. The van der Waals surface area contributed by atoms with Gasteiger partial charge in [0.25, 0.3) is 0 Å². The van der Waals surface area contributed by atoms with E-state index in [-0.39, 0.29) is 0 Å². The molecular formula is C20H27NO4. The summed E-state index contributed by atoms with van der Waals surface area (Å²) in [5, 5.41) is 0. The Kier molecular flexibility index (Phi) is 6.81. The summed E-state index contributed by atoms with van der Waals surface area (Å²) in [6.45, 7) is 9.94. The van der Waals surface area contributed by atoms with Crippen molar-refractivity contribution in [2.75, 3.05) is 32.2 Å². The lowest BCUT2D eigenvalue weighted by Gasteiger charge is -2.18. The molecular weight excluding hydrogens is 318 g/mol. The van der Waals surface area contributed by atoms with Gasteiger partial charge in [-0.1, -0.05) is 6.07 Å². The van der Waals surface area contributed by atoms with Crippen molar-refractivity contribution in [3.63, 3.8) is 0 Å². The molecule has 5 heteroatoms. The van der Waals surface area contributed by atoms with Crippen molar-refractivity contribution >= 4 is 5.69 Å². The van der Waals surface area contributed by atoms with Crippen LogP contribution in [0.4, 0.5) is 5.69 Å². The quantitative estimate of drug-likeness (QED) is 0.677. The third-order valence-corrected chi connectivity index (χ3v) is 3.57.